The van der Waals surface area contributed by atoms with E-state index < -0.39 is 21.7 Å². The summed E-state index contributed by atoms with van der Waals surface area (Å²) in [6.45, 7) is 0. The third-order valence-electron chi connectivity index (χ3n) is 4.77. The van der Waals surface area contributed by atoms with Crippen LogP contribution in [-0.2, 0) is 16.0 Å². The number of alkyl halides is 3. The number of hydrogen-bond donors (Lipinski definition) is 0. The normalized spacial score (nSPS) is 12.1. The van der Waals surface area contributed by atoms with E-state index in [0.717, 1.165) is 6.26 Å². The SMILES string of the molecule is CS(=O)(=O)c1ccc(-c2c(-c3ccccc3)c(C(F)(F)F)nn2-c2ccccc2)cc1. The predicted molar refractivity (Wildman–Crippen MR) is 113 cm³/mol. The van der Waals surface area contributed by atoms with Crippen molar-refractivity contribution in [2.45, 2.75) is 11.1 Å². The van der Waals surface area contributed by atoms with E-state index in [1.807, 2.05) is 0 Å². The van der Waals surface area contributed by atoms with Crippen molar-refractivity contribution in [1.29, 1.82) is 0 Å². The molecule has 1 aromatic heterocycles. The molecule has 0 unspecified atom stereocenters. The first-order valence-electron chi connectivity index (χ1n) is 9.28. The Balaban J connectivity index is 2.07. The molecule has 0 N–H and O–H groups in total. The number of rotatable bonds is 4. The molecule has 0 saturated heterocycles. The molecule has 8 heteroatoms. The van der Waals surface area contributed by atoms with Gasteiger partial charge in [-0.15, -0.1) is 0 Å². The molecule has 0 aliphatic carbocycles. The average Bonchev–Trinajstić information content (AvgIpc) is 3.16. The first-order chi connectivity index (χ1) is 14.7. The van der Waals surface area contributed by atoms with Gasteiger partial charge >= 0.3 is 6.18 Å². The lowest BCUT2D eigenvalue weighted by Gasteiger charge is -2.12. The molecule has 4 nitrogen and oxygen atoms in total. The van der Waals surface area contributed by atoms with Crippen LogP contribution in [0, 0.1) is 0 Å². The third-order valence-corrected chi connectivity index (χ3v) is 5.90. The van der Waals surface area contributed by atoms with Crippen molar-refractivity contribution < 1.29 is 21.6 Å². The van der Waals surface area contributed by atoms with E-state index >= 15 is 0 Å². The summed E-state index contributed by atoms with van der Waals surface area (Å²) in [6.07, 6.45) is -3.61. The summed E-state index contributed by atoms with van der Waals surface area (Å²) in [7, 11) is -3.45. The van der Waals surface area contributed by atoms with E-state index in [0.29, 0.717) is 16.8 Å². The second-order valence-corrected chi connectivity index (χ2v) is 9.00. The molecule has 3 aromatic carbocycles. The van der Waals surface area contributed by atoms with Crippen LogP contribution in [0.1, 0.15) is 5.69 Å². The Kier molecular flexibility index (Phi) is 5.18. The second kappa shape index (κ2) is 7.70. The lowest BCUT2D eigenvalue weighted by atomic mass is 9.98. The van der Waals surface area contributed by atoms with Crippen LogP contribution in [-0.4, -0.2) is 24.5 Å². The third kappa shape index (κ3) is 4.11. The number of sulfone groups is 1. The van der Waals surface area contributed by atoms with Gasteiger partial charge in [0.2, 0.25) is 0 Å². The van der Waals surface area contributed by atoms with E-state index in [9.17, 15) is 21.6 Å². The second-order valence-electron chi connectivity index (χ2n) is 6.98. The Morgan fingerprint density at radius 3 is 1.84 bits per heavy atom. The summed E-state index contributed by atoms with van der Waals surface area (Å²) in [4.78, 5) is 0.0827. The van der Waals surface area contributed by atoms with Crippen LogP contribution in [0.15, 0.2) is 89.8 Å². The summed E-state index contributed by atoms with van der Waals surface area (Å²) in [5, 5.41) is 3.95. The summed E-state index contributed by atoms with van der Waals surface area (Å²) in [5.74, 6) is 0. The van der Waals surface area contributed by atoms with Crippen molar-refractivity contribution in [3.8, 4) is 28.1 Å². The summed E-state index contributed by atoms with van der Waals surface area (Å²) in [5.41, 5.74) is 0.383. The van der Waals surface area contributed by atoms with Gasteiger partial charge in [0, 0.05) is 17.4 Å². The highest BCUT2D eigenvalue weighted by atomic mass is 32.2. The van der Waals surface area contributed by atoms with E-state index in [2.05, 4.69) is 5.10 Å². The fourth-order valence-electron chi connectivity index (χ4n) is 3.38. The quantitative estimate of drug-likeness (QED) is 0.412. The smallest absolute Gasteiger partial charge is 0.232 e. The van der Waals surface area contributed by atoms with Gasteiger partial charge in [-0.1, -0.05) is 60.7 Å². The number of para-hydroxylation sites is 1. The Morgan fingerprint density at radius 2 is 1.32 bits per heavy atom. The molecule has 158 valence electrons. The van der Waals surface area contributed by atoms with Crippen LogP contribution >= 0.6 is 0 Å². The molecule has 4 rings (SSSR count). The molecule has 0 saturated carbocycles. The maximum absolute atomic E-state index is 14.0. The minimum atomic E-state index is -4.69. The van der Waals surface area contributed by atoms with Crippen molar-refractivity contribution in [2.24, 2.45) is 0 Å². The van der Waals surface area contributed by atoms with Gasteiger partial charge in [0.1, 0.15) is 0 Å². The lowest BCUT2D eigenvalue weighted by molar-refractivity contribution is -0.140. The van der Waals surface area contributed by atoms with E-state index in [-0.39, 0.29) is 16.2 Å². The van der Waals surface area contributed by atoms with Gasteiger partial charge in [-0.05, 0) is 29.8 Å². The van der Waals surface area contributed by atoms with E-state index in [1.54, 1.807) is 60.7 Å². The van der Waals surface area contributed by atoms with Gasteiger partial charge in [-0.2, -0.15) is 18.3 Å². The van der Waals surface area contributed by atoms with Crippen molar-refractivity contribution in [1.82, 2.24) is 9.78 Å². The summed E-state index contributed by atoms with van der Waals surface area (Å²) in [6, 6.07) is 22.5. The zero-order valence-electron chi connectivity index (χ0n) is 16.3. The number of halogens is 3. The lowest BCUT2D eigenvalue weighted by Crippen LogP contribution is -2.08. The Bertz CT molecular complexity index is 1310. The number of aromatic nitrogens is 2. The average molecular weight is 442 g/mol. The maximum atomic E-state index is 14.0. The Hall–Kier alpha value is -3.39. The standard InChI is InChI=1S/C23H17F3N2O2S/c1-31(29,30)19-14-12-17(13-15-19)21-20(16-8-4-2-5-9-16)22(23(24,25)26)27-28(21)18-10-6-3-7-11-18/h2-15H,1H3. The minimum Gasteiger partial charge on any atom is -0.232 e. The van der Waals surface area contributed by atoms with Gasteiger partial charge in [-0.3, -0.25) is 0 Å². The van der Waals surface area contributed by atoms with Gasteiger partial charge in [0.05, 0.1) is 16.3 Å². The number of nitrogens with zero attached hydrogens (tertiary/aromatic N) is 2. The molecule has 0 amide bonds. The van der Waals surface area contributed by atoms with E-state index in [4.69, 9.17) is 0 Å². The van der Waals surface area contributed by atoms with Gasteiger partial charge in [0.15, 0.2) is 15.5 Å². The monoisotopic (exact) mass is 442 g/mol. The van der Waals surface area contributed by atoms with Crippen LogP contribution in [0.2, 0.25) is 0 Å². The summed E-state index contributed by atoms with van der Waals surface area (Å²) >= 11 is 0. The van der Waals surface area contributed by atoms with Crippen LogP contribution in [0.25, 0.3) is 28.1 Å². The van der Waals surface area contributed by atoms with Crippen molar-refractivity contribution in [3.05, 3.63) is 90.6 Å². The molecule has 0 bridgehead atoms. The Labute approximate surface area is 177 Å². The first-order valence-corrected chi connectivity index (χ1v) is 11.2. The van der Waals surface area contributed by atoms with Crippen molar-refractivity contribution in [3.63, 3.8) is 0 Å². The zero-order valence-corrected chi connectivity index (χ0v) is 17.2. The van der Waals surface area contributed by atoms with Crippen LogP contribution in [0.3, 0.4) is 0 Å². The zero-order chi connectivity index (χ0) is 22.2. The van der Waals surface area contributed by atoms with Crippen molar-refractivity contribution >= 4 is 9.84 Å². The fourth-order valence-corrected chi connectivity index (χ4v) is 4.01. The molecule has 1 heterocycles. The molecule has 0 spiro atoms. The first kappa shape index (κ1) is 20.9. The van der Waals surface area contributed by atoms with E-state index in [1.165, 1.54) is 28.9 Å². The van der Waals surface area contributed by atoms with Gasteiger partial charge in [0.25, 0.3) is 0 Å². The van der Waals surface area contributed by atoms with Crippen LogP contribution in [0.4, 0.5) is 13.2 Å². The molecule has 0 aliphatic heterocycles. The highest BCUT2D eigenvalue weighted by Crippen LogP contribution is 2.43. The molecule has 31 heavy (non-hydrogen) atoms. The van der Waals surface area contributed by atoms with Crippen LogP contribution in [0.5, 0.6) is 0 Å². The highest BCUT2D eigenvalue weighted by Gasteiger charge is 2.40. The highest BCUT2D eigenvalue weighted by molar-refractivity contribution is 7.90. The topological polar surface area (TPSA) is 52.0 Å². The predicted octanol–water partition coefficient (Wildman–Crippen LogP) is 5.63. The summed E-state index contributed by atoms with van der Waals surface area (Å²) < 4.78 is 67.0. The molecular weight excluding hydrogens is 425 g/mol. The van der Waals surface area contributed by atoms with Crippen molar-refractivity contribution in [2.75, 3.05) is 6.26 Å². The largest absolute Gasteiger partial charge is 0.435 e. The molecule has 4 aromatic rings. The molecule has 0 aliphatic rings. The number of benzene rings is 3. The number of hydrogen-bond acceptors (Lipinski definition) is 3. The molecule has 0 atom stereocenters. The molecule has 0 radical (unpaired) electrons. The van der Waals surface area contributed by atoms with Crippen LogP contribution < -0.4 is 0 Å². The maximum Gasteiger partial charge on any atom is 0.435 e. The Morgan fingerprint density at radius 1 is 0.774 bits per heavy atom. The van der Waals surface area contributed by atoms with Gasteiger partial charge in [-0.25, -0.2) is 13.1 Å². The molecule has 0 fully saturated rings. The molecular formula is C23H17F3N2O2S. The fraction of sp³-hybridized carbons (Fsp3) is 0.0870. The minimum absolute atomic E-state index is 0.0657. The van der Waals surface area contributed by atoms with Gasteiger partial charge < -0.3 is 0 Å².